The predicted octanol–water partition coefficient (Wildman–Crippen LogP) is -22.1. The summed E-state index contributed by atoms with van der Waals surface area (Å²) >= 11 is 0. The van der Waals surface area contributed by atoms with E-state index in [1.165, 1.54) is 165 Å². The normalized spacial score (nSPS) is 12.9. The molecule has 0 fully saturated rings. The van der Waals surface area contributed by atoms with Gasteiger partial charge in [0.2, 0.25) is 0 Å². The monoisotopic (exact) mass is 756 g/mol. The number of furan rings is 1. The van der Waals surface area contributed by atoms with Crippen molar-refractivity contribution < 1.29 is 4.42 Å². The minimum absolute atomic E-state index is 0.177. The molecule has 0 radical (unpaired) electrons. The van der Waals surface area contributed by atoms with E-state index in [0.29, 0.717) is 0 Å². The Balaban J connectivity index is 1.60. The summed E-state index contributed by atoms with van der Waals surface area (Å²) in [5.74, 6) is 0. The van der Waals surface area contributed by atoms with Crippen LogP contribution in [0.5, 0.6) is 0 Å². The highest BCUT2D eigenvalue weighted by Gasteiger charge is 2.42. The lowest BCUT2D eigenvalue weighted by atomic mass is 9.58. The van der Waals surface area contributed by atoms with E-state index in [2.05, 4.69) is 192 Å². The second-order valence-electron chi connectivity index (χ2n) is 19.6. The minimum atomic E-state index is -0.177. The van der Waals surface area contributed by atoms with E-state index in [4.69, 9.17) is 4.42 Å². The minimum Gasteiger partial charge on any atom is -0.457 e. The fourth-order valence-corrected chi connectivity index (χ4v) is 11.6. The first-order valence-corrected chi connectivity index (χ1v) is 22.1. The molecule has 1 heterocycles. The van der Waals surface area contributed by atoms with E-state index in [1.54, 1.807) is 0 Å². The van der Waals surface area contributed by atoms with Crippen LogP contribution in [0.3, 0.4) is 0 Å². The maximum absolute atomic E-state index is 7.12. The summed E-state index contributed by atoms with van der Waals surface area (Å²) in [5, 5.41) is 2.43. The molecule has 1 aromatic heterocycles. The highest BCUT2D eigenvalue weighted by atomic mass is 16.3. The van der Waals surface area contributed by atoms with E-state index < -0.39 is 0 Å². The van der Waals surface area contributed by atoms with Gasteiger partial charge in [-0.15, -0.1) is 32.8 Å². The van der Waals surface area contributed by atoms with Crippen LogP contribution in [0.15, 0.2) is 28.7 Å². The molecule has 0 spiro atoms. The van der Waals surface area contributed by atoms with Crippen LogP contribution in [-0.4, -0.2) is 149 Å². The molecule has 0 saturated carbocycles. The molecule has 272 valence electrons. The van der Waals surface area contributed by atoms with Crippen molar-refractivity contribution >= 4 is 292 Å². The molecular formula is C39H48B19NO. The van der Waals surface area contributed by atoms with Crippen molar-refractivity contribution in [3.8, 4) is 22.3 Å². The Kier molecular flexibility index (Phi) is 10.2. The second kappa shape index (κ2) is 14.4. The zero-order valence-electron chi connectivity index (χ0n) is 40.7. The summed E-state index contributed by atoms with van der Waals surface area (Å²) in [5.41, 5.74) is 39.3. The van der Waals surface area contributed by atoms with E-state index >= 15 is 0 Å². The summed E-state index contributed by atoms with van der Waals surface area (Å²) in [6.07, 6.45) is 0. The van der Waals surface area contributed by atoms with Crippen LogP contribution in [0.25, 0.3) is 44.2 Å². The Bertz CT molecular complexity index is 3080. The molecular weight excluding hydrogens is 704 g/mol. The van der Waals surface area contributed by atoms with Gasteiger partial charge in [-0.1, -0.05) is 84.9 Å². The van der Waals surface area contributed by atoms with Gasteiger partial charge in [-0.05, 0) is 52.1 Å². The van der Waals surface area contributed by atoms with Crippen LogP contribution < -0.4 is 109 Å². The Hall–Kier alpha value is -3.85. The summed E-state index contributed by atoms with van der Waals surface area (Å²) in [6, 6.07) is 9.91. The van der Waals surface area contributed by atoms with Crippen molar-refractivity contribution in [3.05, 3.63) is 35.4 Å². The fourth-order valence-electron chi connectivity index (χ4n) is 11.6. The zero-order valence-corrected chi connectivity index (χ0v) is 40.7. The zero-order chi connectivity index (χ0) is 44.1. The van der Waals surface area contributed by atoms with Crippen LogP contribution in [0, 0.1) is 0 Å². The predicted molar refractivity (Wildman–Crippen MR) is 327 cm³/mol. The van der Waals surface area contributed by atoms with Gasteiger partial charge in [0, 0.05) is 22.1 Å². The maximum Gasteiger partial charge on any atom is 0.143 e. The Labute approximate surface area is 376 Å². The van der Waals surface area contributed by atoms with Gasteiger partial charge >= 0.3 is 0 Å². The number of nitrogens with zero attached hydrogens (tertiary/aromatic N) is 1. The van der Waals surface area contributed by atoms with Gasteiger partial charge in [-0.2, -0.15) is 0 Å². The van der Waals surface area contributed by atoms with Gasteiger partial charge in [0.1, 0.15) is 160 Å². The molecule has 1 aliphatic rings. The topological polar surface area (TPSA) is 16.4 Å². The third-order valence-corrected chi connectivity index (χ3v) is 16.4. The SMILES string of the molecule is Bc1cc(N(c2cc(B)c(-c3c(B)c(B)c(B)c(B)c3B)c(B)c2)c2cc(B)c(B)c3oc4c(B)c(B)c(B)c(B)c4c23)c2c(c1B)C(C)(C)c1c(B)c(B)c(B)c(B)c1-2. The highest BCUT2D eigenvalue weighted by Crippen LogP contribution is 2.52. The number of fused-ring (bicyclic) bond motifs is 6. The largest absolute Gasteiger partial charge is 0.457 e. The maximum atomic E-state index is 7.12. The number of hydrogen-bond donors (Lipinski definition) is 0. The molecule has 0 bridgehead atoms. The summed E-state index contributed by atoms with van der Waals surface area (Å²) in [6.45, 7) is 4.93. The summed E-state index contributed by atoms with van der Waals surface area (Å²) in [7, 11) is 43.8. The molecule has 7 aromatic rings. The van der Waals surface area contributed by atoms with Gasteiger partial charge in [0.25, 0.3) is 0 Å². The first kappa shape index (κ1) is 42.8. The van der Waals surface area contributed by atoms with Crippen LogP contribution in [0.2, 0.25) is 0 Å². The average molecular weight is 752 g/mol. The van der Waals surface area contributed by atoms with Gasteiger partial charge in [-0.25, -0.2) is 0 Å². The van der Waals surface area contributed by atoms with E-state index in [1.807, 2.05) is 0 Å². The molecule has 21 heteroatoms. The molecule has 0 N–H and O–H groups in total. The standard InChI is InChI=1S/C39H48B19NO/c1-39(2)20-15(17-21(39)28(50)33(55)29(51)24(17)46)12(5-10(42)22(20)44)59(7-3-8(40)14(9(41)4-7)18-25(47)30(52)34(56)31(53)26(18)48)13-6-11(43)23(45)37-16(13)19-27(49)32(54)35(57)36(58)38(19)60-37/h3-6H,40-58H2,1-2H3. The van der Waals surface area contributed by atoms with E-state index in [-0.39, 0.29) is 5.41 Å². The third kappa shape index (κ3) is 5.68. The van der Waals surface area contributed by atoms with Crippen molar-refractivity contribution in [2.75, 3.05) is 4.90 Å². The summed E-state index contributed by atoms with van der Waals surface area (Å²) in [4.78, 5) is 2.64. The smallest absolute Gasteiger partial charge is 0.143 e. The molecule has 0 atom stereocenters. The molecule has 0 unspecified atom stereocenters. The average Bonchev–Trinajstić information content (AvgIpc) is 3.72. The van der Waals surface area contributed by atoms with Crippen molar-refractivity contribution in [1.82, 2.24) is 0 Å². The molecule has 2 nitrogen and oxygen atoms in total. The Morgan fingerprint density at radius 2 is 0.767 bits per heavy atom. The van der Waals surface area contributed by atoms with Gasteiger partial charge in [-0.3, -0.25) is 0 Å². The fraction of sp³-hybridized carbons (Fsp3) is 0.0769. The number of rotatable bonds is 4. The lowest BCUT2D eigenvalue weighted by Gasteiger charge is -2.33. The van der Waals surface area contributed by atoms with Gasteiger partial charge in [0.15, 0.2) is 0 Å². The molecule has 0 saturated heterocycles. The summed E-state index contributed by atoms with van der Waals surface area (Å²) < 4.78 is 7.12. The second-order valence-corrected chi connectivity index (χ2v) is 19.6. The van der Waals surface area contributed by atoms with Crippen LogP contribution >= 0.6 is 0 Å². The van der Waals surface area contributed by atoms with Crippen molar-refractivity contribution in [3.63, 3.8) is 0 Å². The quantitative estimate of drug-likeness (QED) is 0.167. The molecule has 60 heavy (non-hydrogen) atoms. The van der Waals surface area contributed by atoms with Crippen LogP contribution in [0.4, 0.5) is 17.1 Å². The first-order valence-electron chi connectivity index (χ1n) is 22.1. The van der Waals surface area contributed by atoms with Crippen molar-refractivity contribution in [2.45, 2.75) is 19.3 Å². The first-order chi connectivity index (χ1) is 28.0. The molecule has 0 amide bonds. The Morgan fingerprint density at radius 3 is 1.33 bits per heavy atom. The molecule has 6 aromatic carbocycles. The van der Waals surface area contributed by atoms with E-state index in [0.717, 1.165) is 11.2 Å². The number of anilines is 3. The van der Waals surface area contributed by atoms with Gasteiger partial charge < -0.3 is 9.32 Å². The van der Waals surface area contributed by atoms with Gasteiger partial charge in [0.05, 0.1) is 16.8 Å². The molecule has 1 aliphatic carbocycles. The van der Waals surface area contributed by atoms with Crippen LogP contribution in [0.1, 0.15) is 25.0 Å². The molecule has 0 aliphatic heterocycles. The number of hydrogen-bond acceptors (Lipinski definition) is 2. The van der Waals surface area contributed by atoms with Crippen molar-refractivity contribution in [2.24, 2.45) is 0 Å². The third-order valence-electron chi connectivity index (χ3n) is 16.4. The highest BCUT2D eigenvalue weighted by molar-refractivity contribution is 6.71. The lowest BCUT2D eigenvalue weighted by molar-refractivity contribution is 0.669. The number of benzene rings is 6. The lowest BCUT2D eigenvalue weighted by Crippen LogP contribution is -2.55. The van der Waals surface area contributed by atoms with E-state index in [9.17, 15) is 0 Å². The Morgan fingerprint density at radius 1 is 0.350 bits per heavy atom. The van der Waals surface area contributed by atoms with Crippen molar-refractivity contribution in [1.29, 1.82) is 0 Å². The molecule has 8 rings (SSSR count). The van der Waals surface area contributed by atoms with Crippen LogP contribution in [-0.2, 0) is 5.41 Å².